The van der Waals surface area contributed by atoms with Crippen LogP contribution in [0, 0.1) is 0 Å². The number of rotatable bonds is 19. The SMILES string of the molecule is CCCCc1ccc(-c2ccc(C(=O)N[C@@H](CCCCN)C(=O)N(C)[C@]3(C)C(=O)N[C@@H](C)C(=O)N[C@H](C(=O)O)Cc4ccc(OCCN)c(c4)-c4cc3ccc4OCCN)cc2)cc1. The molecule has 4 atom stereocenters. The van der Waals surface area contributed by atoms with Crippen LogP contribution in [0.4, 0.5) is 0 Å². The number of carbonyl (C=O) groups excluding carboxylic acids is 4. The number of carbonyl (C=O) groups is 5. The summed E-state index contributed by atoms with van der Waals surface area (Å²) in [6.45, 7) is 6.21. The van der Waals surface area contributed by atoms with Gasteiger partial charge in [-0.3, -0.25) is 19.2 Å². The Bertz CT molecular complexity index is 2250. The number of nitrogens with two attached hydrogens (primary N) is 3. The van der Waals surface area contributed by atoms with Crippen molar-refractivity contribution in [3.8, 4) is 33.8 Å². The number of aryl methyl sites for hydroxylation is 1. The molecule has 0 radical (unpaired) electrons. The van der Waals surface area contributed by atoms with E-state index in [-0.39, 0.29) is 39.1 Å². The lowest BCUT2D eigenvalue weighted by Gasteiger charge is -2.40. The molecule has 0 saturated carbocycles. The van der Waals surface area contributed by atoms with E-state index in [0.29, 0.717) is 58.7 Å². The number of hydrogen-bond acceptors (Lipinski definition) is 10. The molecule has 4 aromatic rings. The number of carboxylic acid groups (broad SMARTS) is 1. The number of hydrogen-bond donors (Lipinski definition) is 7. The van der Waals surface area contributed by atoms with Gasteiger partial charge in [0.25, 0.3) is 11.8 Å². The third-order valence-electron chi connectivity index (χ3n) is 11.7. The van der Waals surface area contributed by atoms with Crippen molar-refractivity contribution in [2.45, 2.75) is 89.4 Å². The quantitative estimate of drug-likeness (QED) is 0.0657. The Balaban J connectivity index is 1.57. The number of nitrogens with one attached hydrogen (secondary N) is 3. The Morgan fingerprint density at radius 3 is 2.03 bits per heavy atom. The molecule has 15 heteroatoms. The van der Waals surface area contributed by atoms with E-state index >= 15 is 0 Å². The average Bonchev–Trinajstić information content (AvgIpc) is 3.30. The van der Waals surface area contributed by atoms with Gasteiger partial charge in [0.05, 0.1) is 0 Å². The van der Waals surface area contributed by atoms with Crippen LogP contribution in [0.3, 0.4) is 0 Å². The lowest BCUT2D eigenvalue weighted by molar-refractivity contribution is -0.148. The zero-order valence-electron chi connectivity index (χ0n) is 37.3. The number of carboxylic acids is 1. The minimum atomic E-state index is -1.84. The van der Waals surface area contributed by atoms with Crippen LogP contribution in [0.25, 0.3) is 22.3 Å². The molecule has 1 aliphatic heterocycles. The average molecular weight is 878 g/mol. The van der Waals surface area contributed by atoms with E-state index in [9.17, 15) is 29.1 Å². The normalized spacial score (nSPS) is 17.9. The molecule has 4 aromatic carbocycles. The third-order valence-corrected chi connectivity index (χ3v) is 11.7. The largest absolute Gasteiger partial charge is 0.492 e. The van der Waals surface area contributed by atoms with E-state index in [4.69, 9.17) is 26.7 Å². The van der Waals surface area contributed by atoms with Gasteiger partial charge in [0.2, 0.25) is 11.8 Å². The molecular weight excluding hydrogens is 815 g/mol. The molecule has 0 unspecified atom stereocenters. The van der Waals surface area contributed by atoms with Crippen LogP contribution >= 0.6 is 0 Å². The number of fused-ring (bicyclic) bond motifs is 5. The fraction of sp³-hybridized carbons (Fsp3) is 0.408. The van der Waals surface area contributed by atoms with Gasteiger partial charge < -0.3 is 52.6 Å². The number of nitrogens with zero attached hydrogens (tertiary/aromatic N) is 1. The molecule has 342 valence electrons. The van der Waals surface area contributed by atoms with E-state index in [0.717, 1.165) is 30.4 Å². The summed E-state index contributed by atoms with van der Waals surface area (Å²) < 4.78 is 12.2. The molecule has 0 spiro atoms. The third kappa shape index (κ3) is 11.8. The Kier molecular flexibility index (Phi) is 17.4. The smallest absolute Gasteiger partial charge is 0.326 e. The highest BCUT2D eigenvalue weighted by atomic mass is 16.5. The summed E-state index contributed by atoms with van der Waals surface area (Å²) >= 11 is 0. The van der Waals surface area contributed by atoms with Crippen LogP contribution in [0.2, 0.25) is 0 Å². The van der Waals surface area contributed by atoms with Crippen LogP contribution in [-0.2, 0) is 37.6 Å². The van der Waals surface area contributed by atoms with E-state index < -0.39 is 53.3 Å². The van der Waals surface area contributed by atoms with Crippen molar-refractivity contribution in [1.29, 1.82) is 0 Å². The van der Waals surface area contributed by atoms with Gasteiger partial charge in [0.1, 0.15) is 48.4 Å². The lowest BCUT2D eigenvalue weighted by atomic mass is 9.85. The van der Waals surface area contributed by atoms with Crippen LogP contribution in [-0.4, -0.2) is 97.6 Å². The van der Waals surface area contributed by atoms with Crippen LogP contribution in [0.5, 0.6) is 11.5 Å². The molecule has 0 aromatic heterocycles. The first kappa shape index (κ1) is 48.7. The second kappa shape index (κ2) is 22.9. The summed E-state index contributed by atoms with van der Waals surface area (Å²) in [6, 6.07) is 22.0. The maximum atomic E-state index is 14.9. The Morgan fingerprint density at radius 1 is 0.828 bits per heavy atom. The number of ether oxygens (including phenoxy) is 2. The topological polar surface area (TPSA) is 241 Å². The van der Waals surface area contributed by atoms with E-state index in [1.807, 2.05) is 12.1 Å². The molecule has 0 aliphatic carbocycles. The summed E-state index contributed by atoms with van der Waals surface area (Å²) in [7, 11) is 1.47. The number of aliphatic carboxylic acids is 1. The zero-order chi connectivity index (χ0) is 46.4. The van der Waals surface area contributed by atoms with Gasteiger partial charge in [-0.1, -0.05) is 61.9 Å². The van der Waals surface area contributed by atoms with E-state index in [1.165, 1.54) is 24.4 Å². The first-order chi connectivity index (χ1) is 30.7. The first-order valence-corrected chi connectivity index (χ1v) is 22.0. The zero-order valence-corrected chi connectivity index (χ0v) is 37.3. The summed E-state index contributed by atoms with van der Waals surface area (Å²) in [4.78, 5) is 71.0. The van der Waals surface area contributed by atoms with Gasteiger partial charge in [0, 0.05) is 43.2 Å². The van der Waals surface area contributed by atoms with Crippen LogP contribution < -0.4 is 42.6 Å². The number of benzene rings is 4. The molecule has 0 saturated heterocycles. The minimum absolute atomic E-state index is 0.0893. The lowest BCUT2D eigenvalue weighted by Crippen LogP contribution is -2.61. The first-order valence-electron chi connectivity index (χ1n) is 22.0. The van der Waals surface area contributed by atoms with Crippen molar-refractivity contribution in [3.05, 3.63) is 107 Å². The van der Waals surface area contributed by atoms with E-state index in [1.54, 1.807) is 55.5 Å². The summed E-state index contributed by atoms with van der Waals surface area (Å²) in [6.07, 6.45) is 4.47. The highest BCUT2D eigenvalue weighted by molar-refractivity contribution is 6.00. The second-order valence-corrected chi connectivity index (χ2v) is 16.3. The van der Waals surface area contributed by atoms with Gasteiger partial charge >= 0.3 is 5.97 Å². The van der Waals surface area contributed by atoms with Gasteiger partial charge in [-0.2, -0.15) is 0 Å². The molecule has 10 N–H and O–H groups in total. The fourth-order valence-electron chi connectivity index (χ4n) is 7.66. The van der Waals surface area contributed by atoms with Gasteiger partial charge in [0.15, 0.2) is 0 Å². The van der Waals surface area contributed by atoms with Crippen LogP contribution in [0.1, 0.15) is 79.9 Å². The Labute approximate surface area is 375 Å². The second-order valence-electron chi connectivity index (χ2n) is 16.3. The molecule has 64 heavy (non-hydrogen) atoms. The Morgan fingerprint density at radius 2 is 1.44 bits per heavy atom. The predicted octanol–water partition coefficient (Wildman–Crippen LogP) is 4.27. The molecule has 4 bridgehead atoms. The molecule has 15 nitrogen and oxygen atoms in total. The van der Waals surface area contributed by atoms with Crippen molar-refractivity contribution in [1.82, 2.24) is 20.9 Å². The number of amides is 4. The van der Waals surface area contributed by atoms with Crippen LogP contribution in [0.15, 0.2) is 84.9 Å². The monoisotopic (exact) mass is 877 g/mol. The molecule has 1 aliphatic rings. The van der Waals surface area contributed by atoms with Crippen molar-refractivity contribution in [3.63, 3.8) is 0 Å². The minimum Gasteiger partial charge on any atom is -0.492 e. The van der Waals surface area contributed by atoms with Gasteiger partial charge in [-0.05, 0) is 117 Å². The fourth-order valence-corrected chi connectivity index (χ4v) is 7.66. The standard InChI is InChI=1S/C49H63N7O8/c1-5-6-9-32-11-14-34(15-12-32)35-16-18-36(19-17-35)45(58)54-40(10-7-8-23-50)46(59)56(4)49(3)37-20-22-43(64-27-25-52)39(30-37)38-28-33(13-21-42(38)63-26-24-51)29-41(47(60)61)55-44(57)31(2)53-48(49)62/h11-22,28,30-31,40-41H,5-10,23-27,29,50-52H2,1-4H3,(H,53,62)(H,54,58)(H,55,57)(H,60,61)/t31-,40-,41-,49-/m0/s1. The molecule has 4 amide bonds. The molecular formula is C49H63N7O8. The maximum Gasteiger partial charge on any atom is 0.326 e. The van der Waals surface area contributed by atoms with Crippen molar-refractivity contribution in [2.75, 3.05) is 39.9 Å². The maximum absolute atomic E-state index is 14.9. The molecule has 0 fully saturated rings. The summed E-state index contributed by atoms with van der Waals surface area (Å²) in [5, 5.41) is 18.4. The predicted molar refractivity (Wildman–Crippen MR) is 247 cm³/mol. The van der Waals surface area contributed by atoms with Crippen molar-refractivity contribution in [2.24, 2.45) is 17.2 Å². The molecule has 1 heterocycles. The van der Waals surface area contributed by atoms with E-state index in [2.05, 4.69) is 47.1 Å². The van der Waals surface area contributed by atoms with Gasteiger partial charge in [-0.15, -0.1) is 0 Å². The summed E-state index contributed by atoms with van der Waals surface area (Å²) in [5.41, 5.74) is 21.1. The molecule has 5 rings (SSSR count). The summed E-state index contributed by atoms with van der Waals surface area (Å²) in [5.74, 6) is -3.05. The number of unbranched alkanes of at least 4 members (excludes halogenated alkanes) is 2. The van der Waals surface area contributed by atoms with Crippen molar-refractivity contribution >= 4 is 29.6 Å². The van der Waals surface area contributed by atoms with Gasteiger partial charge in [-0.25, -0.2) is 4.79 Å². The number of likely N-dealkylation sites (N-methyl/N-ethyl adjacent to an activating group) is 1. The Hall–Kier alpha value is -6.29. The van der Waals surface area contributed by atoms with Crippen molar-refractivity contribution < 1.29 is 38.6 Å². The highest BCUT2D eigenvalue weighted by Gasteiger charge is 2.45. The highest BCUT2D eigenvalue weighted by Crippen LogP contribution is 2.41.